The van der Waals surface area contributed by atoms with Gasteiger partial charge in [0.2, 0.25) is 0 Å². The molecule has 1 N–H and O–H groups in total. The molecule has 0 amide bonds. The molecule has 15 heavy (non-hydrogen) atoms. The molecule has 0 radical (unpaired) electrons. The summed E-state index contributed by atoms with van der Waals surface area (Å²) in [5, 5.41) is 14.1. The van der Waals surface area contributed by atoms with Crippen molar-refractivity contribution in [2.75, 3.05) is 13.1 Å². The molecule has 1 aliphatic rings. The largest absolute Gasteiger partial charge is 0.324 e. The van der Waals surface area contributed by atoms with Crippen molar-refractivity contribution in [3.05, 3.63) is 27.1 Å². The van der Waals surface area contributed by atoms with E-state index in [1.165, 1.54) is 22.6 Å². The number of hydrogen-bond donors (Lipinski definition) is 1. The molecule has 0 bridgehead atoms. The van der Waals surface area contributed by atoms with Gasteiger partial charge in [0.05, 0.1) is 4.92 Å². The fourth-order valence-corrected chi connectivity index (χ4v) is 2.82. The van der Waals surface area contributed by atoms with Gasteiger partial charge in [0, 0.05) is 10.9 Å². The highest BCUT2D eigenvalue weighted by Crippen LogP contribution is 2.50. The molecule has 1 aromatic heterocycles. The third-order valence-corrected chi connectivity index (χ3v) is 3.91. The first-order valence-corrected chi connectivity index (χ1v) is 5.99. The lowest BCUT2D eigenvalue weighted by Gasteiger charge is -1.98. The van der Waals surface area contributed by atoms with E-state index in [2.05, 4.69) is 12.2 Å². The molecule has 1 aromatic rings. The Morgan fingerprint density at radius 2 is 2.47 bits per heavy atom. The molecule has 0 aromatic carbocycles. The molecule has 2 unspecified atom stereocenters. The quantitative estimate of drug-likeness (QED) is 0.619. The molecule has 5 heteroatoms. The van der Waals surface area contributed by atoms with Crippen LogP contribution in [-0.4, -0.2) is 18.0 Å². The molecule has 0 aliphatic heterocycles. The summed E-state index contributed by atoms with van der Waals surface area (Å²) in [4.78, 5) is 11.4. The van der Waals surface area contributed by atoms with Gasteiger partial charge in [-0.1, -0.05) is 18.3 Å². The van der Waals surface area contributed by atoms with Crippen LogP contribution in [0.2, 0.25) is 0 Å². The van der Waals surface area contributed by atoms with Gasteiger partial charge in [0.15, 0.2) is 0 Å². The molecular formula is C10H14N2O2S. The van der Waals surface area contributed by atoms with E-state index in [4.69, 9.17) is 0 Å². The second-order valence-electron chi connectivity index (χ2n) is 3.84. The van der Waals surface area contributed by atoms with Gasteiger partial charge in [0.1, 0.15) is 0 Å². The van der Waals surface area contributed by atoms with Crippen LogP contribution in [0.4, 0.5) is 5.00 Å². The number of nitrogens with one attached hydrogen (secondary N) is 1. The van der Waals surface area contributed by atoms with Crippen molar-refractivity contribution in [3.63, 3.8) is 0 Å². The SMILES string of the molecule is CCNCC1CC1c1ccc([N+](=O)[O-])s1. The minimum absolute atomic E-state index is 0.263. The van der Waals surface area contributed by atoms with Crippen LogP contribution in [-0.2, 0) is 0 Å². The van der Waals surface area contributed by atoms with Gasteiger partial charge in [-0.25, -0.2) is 0 Å². The van der Waals surface area contributed by atoms with E-state index in [1.807, 2.05) is 6.07 Å². The van der Waals surface area contributed by atoms with E-state index in [0.717, 1.165) is 13.1 Å². The van der Waals surface area contributed by atoms with Crippen LogP contribution in [0.25, 0.3) is 0 Å². The van der Waals surface area contributed by atoms with Gasteiger partial charge in [-0.15, -0.1) is 0 Å². The van der Waals surface area contributed by atoms with E-state index >= 15 is 0 Å². The summed E-state index contributed by atoms with van der Waals surface area (Å²) < 4.78 is 0. The Balaban J connectivity index is 1.92. The fraction of sp³-hybridized carbons (Fsp3) is 0.600. The average Bonchev–Trinajstić information content (AvgIpc) is 2.80. The zero-order valence-corrected chi connectivity index (χ0v) is 9.42. The van der Waals surface area contributed by atoms with Crippen LogP contribution in [0.15, 0.2) is 12.1 Å². The van der Waals surface area contributed by atoms with E-state index in [-0.39, 0.29) is 9.92 Å². The van der Waals surface area contributed by atoms with Gasteiger partial charge in [-0.2, -0.15) is 0 Å². The van der Waals surface area contributed by atoms with Crippen molar-refractivity contribution < 1.29 is 4.92 Å². The smallest absolute Gasteiger partial charge is 0.317 e. The van der Waals surface area contributed by atoms with E-state index < -0.39 is 0 Å². The van der Waals surface area contributed by atoms with Gasteiger partial charge < -0.3 is 5.32 Å². The highest BCUT2D eigenvalue weighted by Gasteiger charge is 2.39. The zero-order valence-electron chi connectivity index (χ0n) is 8.60. The molecule has 1 heterocycles. The Kier molecular flexibility index (Phi) is 3.02. The summed E-state index contributed by atoms with van der Waals surface area (Å²) in [6.45, 7) is 4.12. The maximum absolute atomic E-state index is 10.5. The molecule has 2 rings (SSSR count). The third kappa shape index (κ3) is 2.35. The highest BCUT2D eigenvalue weighted by molar-refractivity contribution is 7.15. The van der Waals surface area contributed by atoms with Crippen LogP contribution < -0.4 is 5.32 Å². The van der Waals surface area contributed by atoms with Gasteiger partial charge in [-0.05, 0) is 37.4 Å². The molecule has 1 saturated carbocycles. The van der Waals surface area contributed by atoms with Gasteiger partial charge in [0.25, 0.3) is 0 Å². The Bertz CT molecular complexity index is 364. The van der Waals surface area contributed by atoms with Crippen molar-refractivity contribution in [1.82, 2.24) is 5.32 Å². The van der Waals surface area contributed by atoms with Gasteiger partial charge in [-0.3, -0.25) is 10.1 Å². The number of nitro groups is 1. The molecule has 82 valence electrons. The van der Waals surface area contributed by atoms with Crippen molar-refractivity contribution in [2.24, 2.45) is 5.92 Å². The van der Waals surface area contributed by atoms with Crippen LogP contribution in [0, 0.1) is 16.0 Å². The predicted octanol–water partition coefficient (Wildman–Crippen LogP) is 2.37. The molecular weight excluding hydrogens is 212 g/mol. The number of thiophene rings is 1. The molecule has 1 fully saturated rings. The lowest BCUT2D eigenvalue weighted by atomic mass is 10.2. The average molecular weight is 226 g/mol. The first kappa shape index (κ1) is 10.6. The van der Waals surface area contributed by atoms with Crippen molar-refractivity contribution in [1.29, 1.82) is 0 Å². The molecule has 0 spiro atoms. The fourth-order valence-electron chi connectivity index (χ4n) is 1.79. The van der Waals surface area contributed by atoms with E-state index in [9.17, 15) is 10.1 Å². The van der Waals surface area contributed by atoms with E-state index in [0.29, 0.717) is 11.8 Å². The molecule has 2 atom stereocenters. The second-order valence-corrected chi connectivity index (χ2v) is 4.94. The summed E-state index contributed by atoms with van der Waals surface area (Å²) in [5.41, 5.74) is 0. The van der Waals surface area contributed by atoms with Crippen LogP contribution in [0.3, 0.4) is 0 Å². The van der Waals surface area contributed by atoms with Gasteiger partial charge >= 0.3 is 5.00 Å². The number of nitrogens with zero attached hydrogens (tertiary/aromatic N) is 1. The van der Waals surface area contributed by atoms with Crippen molar-refractivity contribution in [3.8, 4) is 0 Å². The third-order valence-electron chi connectivity index (χ3n) is 2.74. The van der Waals surface area contributed by atoms with E-state index in [1.54, 1.807) is 6.07 Å². The molecule has 4 nitrogen and oxygen atoms in total. The maximum atomic E-state index is 10.5. The summed E-state index contributed by atoms with van der Waals surface area (Å²) in [6, 6.07) is 3.52. The Morgan fingerprint density at radius 3 is 3.07 bits per heavy atom. The minimum Gasteiger partial charge on any atom is -0.317 e. The monoisotopic (exact) mass is 226 g/mol. The predicted molar refractivity (Wildman–Crippen MR) is 60.4 cm³/mol. The Morgan fingerprint density at radius 1 is 1.67 bits per heavy atom. The first-order chi connectivity index (χ1) is 7.22. The standard InChI is InChI=1S/C10H14N2O2S/c1-2-11-6-7-5-8(7)9-3-4-10(15-9)12(13)14/h3-4,7-8,11H,2,5-6H2,1H3. The molecule has 1 aliphatic carbocycles. The van der Waals surface area contributed by atoms with Crippen molar-refractivity contribution in [2.45, 2.75) is 19.3 Å². The second kappa shape index (κ2) is 4.28. The summed E-state index contributed by atoms with van der Waals surface area (Å²) in [7, 11) is 0. The molecule has 0 saturated heterocycles. The van der Waals surface area contributed by atoms with Crippen molar-refractivity contribution >= 4 is 16.3 Å². The van der Waals surface area contributed by atoms with Crippen LogP contribution >= 0.6 is 11.3 Å². The maximum Gasteiger partial charge on any atom is 0.324 e. The number of hydrogen-bond acceptors (Lipinski definition) is 4. The Hall–Kier alpha value is -0.940. The topological polar surface area (TPSA) is 55.2 Å². The first-order valence-electron chi connectivity index (χ1n) is 5.17. The normalized spacial score (nSPS) is 24.1. The summed E-state index contributed by atoms with van der Waals surface area (Å²) in [5.74, 6) is 1.24. The van der Waals surface area contributed by atoms with Crippen LogP contribution in [0.1, 0.15) is 24.1 Å². The zero-order chi connectivity index (χ0) is 10.8. The summed E-state index contributed by atoms with van der Waals surface area (Å²) in [6.07, 6.45) is 1.17. The summed E-state index contributed by atoms with van der Waals surface area (Å²) >= 11 is 1.32. The highest BCUT2D eigenvalue weighted by atomic mass is 32.1. The lowest BCUT2D eigenvalue weighted by Crippen LogP contribution is -2.15. The lowest BCUT2D eigenvalue weighted by molar-refractivity contribution is -0.380. The number of rotatable bonds is 5. The Labute approximate surface area is 92.5 Å². The minimum atomic E-state index is -0.310. The van der Waals surface area contributed by atoms with Crippen LogP contribution in [0.5, 0.6) is 0 Å².